The zero-order chi connectivity index (χ0) is 14.5. The first-order chi connectivity index (χ1) is 9.65. The molecule has 0 aromatic heterocycles. The van der Waals surface area contributed by atoms with Crippen LogP contribution < -0.4 is 9.47 Å². The summed E-state index contributed by atoms with van der Waals surface area (Å²) in [4.78, 5) is 0.253. The molecule has 0 aliphatic heterocycles. The van der Waals surface area contributed by atoms with Gasteiger partial charge in [-0.3, -0.25) is 0 Å². The minimum atomic E-state index is 0.253. The monoisotopic (exact) mass is 334 g/mol. The fraction of sp³-hybridized carbons (Fsp3) is 0.294. The molecule has 2 aromatic rings. The Morgan fingerprint density at radius 1 is 1.00 bits per heavy atom. The quantitative estimate of drug-likeness (QED) is 0.738. The lowest BCUT2D eigenvalue weighted by molar-refractivity contribution is 0.354. The Morgan fingerprint density at radius 3 is 2.35 bits per heavy atom. The van der Waals surface area contributed by atoms with Crippen LogP contribution in [0.5, 0.6) is 11.5 Å². The number of hydrogen-bond donors (Lipinski definition) is 0. The molecular weight excluding hydrogens is 316 g/mol. The van der Waals surface area contributed by atoms with Crippen LogP contribution in [0, 0.1) is 6.92 Å². The van der Waals surface area contributed by atoms with E-state index in [2.05, 4.69) is 53.2 Å². The molecule has 0 aliphatic carbocycles. The van der Waals surface area contributed by atoms with E-state index in [1.165, 1.54) is 16.7 Å². The molecule has 0 fully saturated rings. The first kappa shape index (κ1) is 14.9. The summed E-state index contributed by atoms with van der Waals surface area (Å²) in [6.45, 7) is 2.14. The average molecular weight is 335 g/mol. The molecule has 0 amide bonds. The lowest BCUT2D eigenvalue weighted by Gasteiger charge is -2.15. The summed E-state index contributed by atoms with van der Waals surface area (Å²) in [5.41, 5.74) is 3.85. The van der Waals surface area contributed by atoms with Gasteiger partial charge in [0.2, 0.25) is 0 Å². The van der Waals surface area contributed by atoms with Crippen molar-refractivity contribution >= 4 is 15.9 Å². The fourth-order valence-corrected chi connectivity index (χ4v) is 2.83. The summed E-state index contributed by atoms with van der Waals surface area (Å²) in [7, 11) is 3.31. The zero-order valence-corrected chi connectivity index (χ0v) is 13.6. The molecular formula is C17H19BrO2. The standard InChI is InChI=1S/C17H19BrO2/c1-12-6-4-5-7-13(12)10-15(18)14-8-9-16(19-2)17(11-14)20-3/h4-9,11,15H,10H2,1-3H3. The molecule has 2 nitrogen and oxygen atoms in total. The van der Waals surface area contributed by atoms with Gasteiger partial charge in [0.05, 0.1) is 14.2 Å². The highest BCUT2D eigenvalue weighted by Gasteiger charge is 2.13. The Hall–Kier alpha value is -1.48. The van der Waals surface area contributed by atoms with Crippen LogP contribution in [0.3, 0.4) is 0 Å². The molecule has 1 unspecified atom stereocenters. The van der Waals surface area contributed by atoms with E-state index < -0.39 is 0 Å². The highest BCUT2D eigenvalue weighted by atomic mass is 79.9. The summed E-state index contributed by atoms with van der Waals surface area (Å²) < 4.78 is 10.6. The van der Waals surface area contributed by atoms with Crippen molar-refractivity contribution in [2.75, 3.05) is 14.2 Å². The molecule has 2 aromatic carbocycles. The molecule has 3 heteroatoms. The van der Waals surface area contributed by atoms with Crippen LogP contribution in [0.2, 0.25) is 0 Å². The maximum atomic E-state index is 5.36. The van der Waals surface area contributed by atoms with E-state index >= 15 is 0 Å². The molecule has 20 heavy (non-hydrogen) atoms. The van der Waals surface area contributed by atoms with Gasteiger partial charge in [-0.25, -0.2) is 0 Å². The number of methoxy groups -OCH3 is 2. The number of aryl methyl sites for hydroxylation is 1. The van der Waals surface area contributed by atoms with Crippen molar-refractivity contribution in [1.82, 2.24) is 0 Å². The minimum Gasteiger partial charge on any atom is -0.493 e. The lowest BCUT2D eigenvalue weighted by Crippen LogP contribution is -1.99. The molecule has 1 atom stereocenters. The van der Waals surface area contributed by atoms with Crippen molar-refractivity contribution < 1.29 is 9.47 Å². The van der Waals surface area contributed by atoms with Gasteiger partial charge in [-0.1, -0.05) is 46.3 Å². The third kappa shape index (κ3) is 3.34. The maximum absolute atomic E-state index is 5.36. The lowest BCUT2D eigenvalue weighted by atomic mass is 10.0. The normalized spacial score (nSPS) is 12.0. The van der Waals surface area contributed by atoms with Crippen LogP contribution in [0.1, 0.15) is 21.5 Å². The second-order valence-corrected chi connectivity index (χ2v) is 5.82. The van der Waals surface area contributed by atoms with Crippen LogP contribution >= 0.6 is 15.9 Å². The van der Waals surface area contributed by atoms with Crippen LogP contribution in [0.15, 0.2) is 42.5 Å². The smallest absolute Gasteiger partial charge is 0.161 e. The first-order valence-electron chi connectivity index (χ1n) is 6.56. The molecule has 0 heterocycles. The van der Waals surface area contributed by atoms with Gasteiger partial charge in [0.25, 0.3) is 0 Å². The highest BCUT2D eigenvalue weighted by Crippen LogP contribution is 2.34. The number of rotatable bonds is 5. The van der Waals surface area contributed by atoms with E-state index in [0.717, 1.165) is 17.9 Å². The van der Waals surface area contributed by atoms with Gasteiger partial charge in [0.15, 0.2) is 11.5 Å². The summed E-state index contributed by atoms with van der Waals surface area (Å²) in [6.07, 6.45) is 0.947. The average Bonchev–Trinajstić information content (AvgIpc) is 2.48. The van der Waals surface area contributed by atoms with E-state index in [1.54, 1.807) is 14.2 Å². The van der Waals surface area contributed by atoms with Crippen molar-refractivity contribution in [2.45, 2.75) is 18.2 Å². The SMILES string of the molecule is COc1ccc(C(Br)Cc2ccccc2C)cc1OC. The van der Waals surface area contributed by atoms with Gasteiger partial charge >= 0.3 is 0 Å². The van der Waals surface area contributed by atoms with Gasteiger partial charge in [-0.15, -0.1) is 0 Å². The molecule has 0 N–H and O–H groups in total. The Kier molecular flexibility index (Phi) is 5.07. The third-order valence-electron chi connectivity index (χ3n) is 3.43. The van der Waals surface area contributed by atoms with Crippen molar-refractivity contribution in [3.05, 3.63) is 59.2 Å². The molecule has 106 valence electrons. The predicted octanol–water partition coefficient (Wildman–Crippen LogP) is 4.69. The Labute approximate surface area is 128 Å². The number of ether oxygens (including phenoxy) is 2. The summed E-state index contributed by atoms with van der Waals surface area (Å²) in [5.74, 6) is 1.52. The number of hydrogen-bond acceptors (Lipinski definition) is 2. The zero-order valence-electron chi connectivity index (χ0n) is 12.0. The van der Waals surface area contributed by atoms with Crippen molar-refractivity contribution in [1.29, 1.82) is 0 Å². The fourth-order valence-electron chi connectivity index (χ4n) is 2.20. The van der Waals surface area contributed by atoms with Gasteiger partial charge in [0, 0.05) is 4.83 Å². The minimum absolute atomic E-state index is 0.253. The molecule has 0 saturated heterocycles. The number of benzene rings is 2. The summed E-state index contributed by atoms with van der Waals surface area (Å²) >= 11 is 3.77. The van der Waals surface area contributed by atoms with Gasteiger partial charge in [-0.05, 0) is 42.2 Å². The molecule has 0 spiro atoms. The van der Waals surface area contributed by atoms with Crippen LogP contribution in [-0.4, -0.2) is 14.2 Å². The summed E-state index contributed by atoms with van der Waals surface area (Å²) in [5, 5.41) is 0. The topological polar surface area (TPSA) is 18.5 Å². The second-order valence-electron chi connectivity index (χ2n) is 4.71. The van der Waals surface area contributed by atoms with Crippen molar-refractivity contribution in [2.24, 2.45) is 0 Å². The van der Waals surface area contributed by atoms with Crippen LogP contribution in [-0.2, 0) is 6.42 Å². The molecule has 0 bridgehead atoms. The van der Waals surface area contributed by atoms with Crippen molar-refractivity contribution in [3.63, 3.8) is 0 Å². The highest BCUT2D eigenvalue weighted by molar-refractivity contribution is 9.09. The number of alkyl halides is 1. The molecule has 0 radical (unpaired) electrons. The van der Waals surface area contributed by atoms with E-state index in [9.17, 15) is 0 Å². The van der Waals surface area contributed by atoms with Crippen LogP contribution in [0.4, 0.5) is 0 Å². The number of halogens is 1. The Bertz CT molecular complexity index is 581. The maximum Gasteiger partial charge on any atom is 0.161 e. The largest absolute Gasteiger partial charge is 0.493 e. The van der Waals surface area contributed by atoms with Gasteiger partial charge < -0.3 is 9.47 Å². The molecule has 0 aliphatic rings. The van der Waals surface area contributed by atoms with E-state index in [-0.39, 0.29) is 4.83 Å². The second kappa shape index (κ2) is 6.80. The first-order valence-corrected chi connectivity index (χ1v) is 7.47. The Balaban J connectivity index is 2.21. The predicted molar refractivity (Wildman–Crippen MR) is 86.1 cm³/mol. The molecule has 0 saturated carbocycles. The third-order valence-corrected chi connectivity index (χ3v) is 4.28. The molecule has 2 rings (SSSR count). The van der Waals surface area contributed by atoms with E-state index in [0.29, 0.717) is 0 Å². The van der Waals surface area contributed by atoms with Gasteiger partial charge in [-0.2, -0.15) is 0 Å². The Morgan fingerprint density at radius 2 is 1.70 bits per heavy atom. The van der Waals surface area contributed by atoms with Gasteiger partial charge in [0.1, 0.15) is 0 Å². The van der Waals surface area contributed by atoms with Crippen molar-refractivity contribution in [3.8, 4) is 11.5 Å². The van der Waals surface area contributed by atoms with E-state index in [1.807, 2.05) is 12.1 Å². The van der Waals surface area contributed by atoms with E-state index in [4.69, 9.17) is 9.47 Å². The van der Waals surface area contributed by atoms with Crippen LogP contribution in [0.25, 0.3) is 0 Å². The summed E-state index contributed by atoms with van der Waals surface area (Å²) in [6, 6.07) is 14.5.